The minimum atomic E-state index is -0.651. The van der Waals surface area contributed by atoms with Crippen LogP contribution in [0.1, 0.15) is 20.8 Å². The Labute approximate surface area is 108 Å². The molecule has 0 aliphatic carbocycles. The molecule has 0 bridgehead atoms. The van der Waals surface area contributed by atoms with Crippen molar-refractivity contribution >= 4 is 5.97 Å². The summed E-state index contributed by atoms with van der Waals surface area (Å²) in [5.41, 5.74) is -0.651. The molecule has 0 saturated heterocycles. The lowest BCUT2D eigenvalue weighted by Crippen LogP contribution is -2.47. The van der Waals surface area contributed by atoms with Crippen LogP contribution in [0, 0.1) is 0 Å². The molecule has 0 unspecified atom stereocenters. The molecule has 0 radical (unpaired) electrons. The van der Waals surface area contributed by atoms with Crippen molar-refractivity contribution in [3.63, 3.8) is 0 Å². The molecule has 0 fully saturated rings. The Morgan fingerprint density at radius 3 is 2.50 bits per heavy atom. The first-order chi connectivity index (χ1) is 8.56. The van der Waals surface area contributed by atoms with Crippen LogP contribution >= 0.6 is 0 Å². The molecule has 0 atom stereocenters. The molecule has 0 spiro atoms. The lowest BCUT2D eigenvalue weighted by Gasteiger charge is -2.23. The van der Waals surface area contributed by atoms with Crippen molar-refractivity contribution in [1.29, 1.82) is 0 Å². The highest BCUT2D eigenvalue weighted by atomic mass is 16.6. The number of hydrogen-bond donors (Lipinski definition) is 1. The smallest absolute Gasteiger partial charge is 0.325 e. The van der Waals surface area contributed by atoms with Crippen molar-refractivity contribution in [2.45, 2.75) is 26.3 Å². The van der Waals surface area contributed by atoms with Crippen molar-refractivity contribution in [3.8, 4) is 5.75 Å². The van der Waals surface area contributed by atoms with E-state index in [4.69, 9.17) is 9.47 Å². The van der Waals surface area contributed by atoms with Crippen molar-refractivity contribution in [2.24, 2.45) is 0 Å². The summed E-state index contributed by atoms with van der Waals surface area (Å²) in [6.07, 6.45) is 0. The Hall–Kier alpha value is -1.55. The van der Waals surface area contributed by atoms with Gasteiger partial charge in [-0.05, 0) is 32.5 Å². The lowest BCUT2D eigenvalue weighted by atomic mass is 10.1. The number of likely N-dealkylation sites (N-methyl/N-ethyl adjacent to an activating group) is 1. The zero-order chi connectivity index (χ0) is 13.4. The van der Waals surface area contributed by atoms with Gasteiger partial charge in [-0.15, -0.1) is 0 Å². The largest absolute Gasteiger partial charge is 0.490 e. The van der Waals surface area contributed by atoms with E-state index in [9.17, 15) is 4.79 Å². The van der Waals surface area contributed by atoms with E-state index in [0.717, 1.165) is 12.3 Å². The molecule has 4 nitrogen and oxygen atoms in total. The fraction of sp³-hybridized carbons (Fsp3) is 0.500. The van der Waals surface area contributed by atoms with Crippen LogP contribution in [0.25, 0.3) is 0 Å². The first-order valence-electron chi connectivity index (χ1n) is 6.16. The molecule has 18 heavy (non-hydrogen) atoms. The summed E-state index contributed by atoms with van der Waals surface area (Å²) in [5.74, 6) is 0.514. The molecule has 0 aliphatic heterocycles. The van der Waals surface area contributed by atoms with E-state index in [-0.39, 0.29) is 12.6 Å². The molecular weight excluding hydrogens is 230 g/mol. The van der Waals surface area contributed by atoms with Crippen LogP contribution in [0.3, 0.4) is 0 Å². The first kappa shape index (κ1) is 14.5. The minimum Gasteiger partial charge on any atom is -0.490 e. The van der Waals surface area contributed by atoms with E-state index in [0.29, 0.717) is 6.61 Å². The zero-order valence-corrected chi connectivity index (χ0v) is 11.2. The third-order valence-electron chi connectivity index (χ3n) is 2.46. The normalized spacial score (nSPS) is 11.1. The van der Waals surface area contributed by atoms with Crippen LogP contribution in [0.15, 0.2) is 30.3 Å². The maximum absolute atomic E-state index is 11.7. The van der Waals surface area contributed by atoms with E-state index in [1.165, 1.54) is 0 Å². The summed E-state index contributed by atoms with van der Waals surface area (Å²) >= 11 is 0. The number of ether oxygens (including phenoxy) is 2. The van der Waals surface area contributed by atoms with Gasteiger partial charge in [0.1, 0.15) is 24.5 Å². The van der Waals surface area contributed by atoms with Crippen molar-refractivity contribution in [3.05, 3.63) is 30.3 Å². The Morgan fingerprint density at radius 2 is 1.89 bits per heavy atom. The number of para-hydroxylation sites is 1. The predicted molar refractivity (Wildman–Crippen MR) is 70.7 cm³/mol. The number of carbonyl (C=O) groups excluding carboxylic acids is 1. The van der Waals surface area contributed by atoms with Gasteiger partial charge >= 0.3 is 5.97 Å². The Kier molecular flexibility index (Phi) is 5.65. The van der Waals surface area contributed by atoms with Crippen LogP contribution in [-0.2, 0) is 9.53 Å². The topological polar surface area (TPSA) is 47.6 Å². The second-order valence-corrected chi connectivity index (χ2v) is 4.45. The molecule has 0 aromatic heterocycles. The molecular formula is C14H21NO3. The van der Waals surface area contributed by atoms with E-state index in [1.54, 1.807) is 13.8 Å². The van der Waals surface area contributed by atoms with Gasteiger partial charge < -0.3 is 14.8 Å². The molecule has 4 heteroatoms. The Balaban J connectivity index is 2.24. The number of nitrogens with one attached hydrogen (secondary N) is 1. The number of rotatable bonds is 7. The number of carbonyl (C=O) groups is 1. The van der Waals surface area contributed by atoms with Crippen LogP contribution < -0.4 is 10.1 Å². The number of hydrogen-bond acceptors (Lipinski definition) is 4. The molecule has 0 saturated carbocycles. The van der Waals surface area contributed by atoms with Crippen molar-refractivity contribution in [2.75, 3.05) is 19.8 Å². The van der Waals surface area contributed by atoms with E-state index in [2.05, 4.69) is 5.32 Å². The summed E-state index contributed by atoms with van der Waals surface area (Å²) in [5, 5.41) is 3.06. The SMILES string of the molecule is CCNC(C)(C)C(=O)OCCOc1ccccc1. The second kappa shape index (κ2) is 7.01. The molecule has 0 heterocycles. The zero-order valence-electron chi connectivity index (χ0n) is 11.2. The second-order valence-electron chi connectivity index (χ2n) is 4.45. The summed E-state index contributed by atoms with van der Waals surface area (Å²) in [6, 6.07) is 9.45. The van der Waals surface area contributed by atoms with Gasteiger partial charge in [0.15, 0.2) is 0 Å². The highest BCUT2D eigenvalue weighted by molar-refractivity contribution is 5.79. The maximum atomic E-state index is 11.7. The standard InChI is InChI=1S/C14H21NO3/c1-4-15-14(2,3)13(16)18-11-10-17-12-8-6-5-7-9-12/h5-9,15H,4,10-11H2,1-3H3. The molecule has 1 aromatic rings. The first-order valence-corrected chi connectivity index (χ1v) is 6.16. The number of benzene rings is 1. The average Bonchev–Trinajstić information content (AvgIpc) is 2.35. The molecule has 1 N–H and O–H groups in total. The van der Waals surface area contributed by atoms with Gasteiger partial charge in [-0.2, -0.15) is 0 Å². The van der Waals surface area contributed by atoms with Gasteiger partial charge in [0.05, 0.1) is 0 Å². The predicted octanol–water partition coefficient (Wildman–Crippen LogP) is 2.00. The van der Waals surface area contributed by atoms with Gasteiger partial charge in [0.2, 0.25) is 0 Å². The van der Waals surface area contributed by atoms with Crippen molar-refractivity contribution in [1.82, 2.24) is 5.32 Å². The van der Waals surface area contributed by atoms with Crippen LogP contribution in [-0.4, -0.2) is 31.3 Å². The fourth-order valence-electron chi connectivity index (χ4n) is 1.51. The molecule has 0 aliphatic rings. The Morgan fingerprint density at radius 1 is 1.22 bits per heavy atom. The molecule has 1 rings (SSSR count). The van der Waals surface area contributed by atoms with Gasteiger partial charge in [-0.25, -0.2) is 0 Å². The number of esters is 1. The highest BCUT2D eigenvalue weighted by Gasteiger charge is 2.27. The quantitative estimate of drug-likeness (QED) is 0.595. The van der Waals surface area contributed by atoms with Gasteiger partial charge in [-0.1, -0.05) is 25.1 Å². The van der Waals surface area contributed by atoms with Gasteiger partial charge in [-0.3, -0.25) is 4.79 Å². The fourth-order valence-corrected chi connectivity index (χ4v) is 1.51. The Bertz CT molecular complexity index is 363. The monoisotopic (exact) mass is 251 g/mol. The third kappa shape index (κ3) is 4.75. The van der Waals surface area contributed by atoms with Crippen LogP contribution in [0.2, 0.25) is 0 Å². The summed E-state index contributed by atoms with van der Waals surface area (Å²) in [4.78, 5) is 11.7. The molecule has 0 amide bonds. The van der Waals surface area contributed by atoms with E-state index < -0.39 is 5.54 Å². The van der Waals surface area contributed by atoms with Crippen molar-refractivity contribution < 1.29 is 14.3 Å². The molecule has 1 aromatic carbocycles. The van der Waals surface area contributed by atoms with Gasteiger partial charge in [0, 0.05) is 0 Å². The summed E-state index contributed by atoms with van der Waals surface area (Å²) < 4.78 is 10.6. The van der Waals surface area contributed by atoms with Crippen LogP contribution in [0.4, 0.5) is 0 Å². The summed E-state index contributed by atoms with van der Waals surface area (Å²) in [7, 11) is 0. The highest BCUT2D eigenvalue weighted by Crippen LogP contribution is 2.08. The maximum Gasteiger partial charge on any atom is 0.325 e. The van der Waals surface area contributed by atoms with Crippen LogP contribution in [0.5, 0.6) is 5.75 Å². The van der Waals surface area contributed by atoms with Gasteiger partial charge in [0.25, 0.3) is 0 Å². The summed E-state index contributed by atoms with van der Waals surface area (Å²) in [6.45, 7) is 6.89. The minimum absolute atomic E-state index is 0.253. The molecule has 100 valence electrons. The van der Waals surface area contributed by atoms with E-state index in [1.807, 2.05) is 37.3 Å². The average molecular weight is 251 g/mol. The third-order valence-corrected chi connectivity index (χ3v) is 2.46. The lowest BCUT2D eigenvalue weighted by molar-refractivity contribution is -0.151. The van der Waals surface area contributed by atoms with E-state index >= 15 is 0 Å².